The SMILES string of the molecule is Cc1cccc(NC(=O)OC(C)C)c1Br. The van der Waals surface area contributed by atoms with E-state index in [9.17, 15) is 4.79 Å². The summed E-state index contributed by atoms with van der Waals surface area (Å²) in [5.41, 5.74) is 1.79. The number of hydrogen-bond acceptors (Lipinski definition) is 2. The number of amides is 1. The molecule has 0 aliphatic carbocycles. The van der Waals surface area contributed by atoms with Gasteiger partial charge in [-0.25, -0.2) is 4.79 Å². The van der Waals surface area contributed by atoms with E-state index in [1.807, 2.05) is 39.0 Å². The van der Waals surface area contributed by atoms with Gasteiger partial charge >= 0.3 is 6.09 Å². The molecule has 1 rings (SSSR count). The molecule has 0 aromatic heterocycles. The van der Waals surface area contributed by atoms with Crippen LogP contribution in [0.3, 0.4) is 0 Å². The monoisotopic (exact) mass is 271 g/mol. The van der Waals surface area contributed by atoms with Gasteiger partial charge in [0.05, 0.1) is 11.8 Å². The molecule has 0 aliphatic rings. The Labute approximate surface area is 97.9 Å². The van der Waals surface area contributed by atoms with Crippen LogP contribution < -0.4 is 5.32 Å². The lowest BCUT2D eigenvalue weighted by Gasteiger charge is -2.11. The molecule has 0 fully saturated rings. The van der Waals surface area contributed by atoms with E-state index in [4.69, 9.17) is 4.74 Å². The lowest BCUT2D eigenvalue weighted by Crippen LogP contribution is -2.18. The smallest absolute Gasteiger partial charge is 0.411 e. The quantitative estimate of drug-likeness (QED) is 0.891. The standard InChI is InChI=1S/C11H14BrNO2/c1-7(2)15-11(14)13-9-6-4-5-8(3)10(9)12/h4-7H,1-3H3,(H,13,14). The minimum atomic E-state index is -0.434. The third-order valence-corrected chi connectivity index (χ3v) is 2.82. The van der Waals surface area contributed by atoms with Gasteiger partial charge in [0.2, 0.25) is 0 Å². The van der Waals surface area contributed by atoms with Crippen LogP contribution in [0.15, 0.2) is 22.7 Å². The Morgan fingerprint density at radius 1 is 1.47 bits per heavy atom. The molecule has 0 saturated carbocycles. The summed E-state index contributed by atoms with van der Waals surface area (Å²) in [5.74, 6) is 0. The first kappa shape index (κ1) is 12.0. The number of hydrogen-bond donors (Lipinski definition) is 1. The minimum Gasteiger partial charge on any atom is -0.447 e. The van der Waals surface area contributed by atoms with E-state index < -0.39 is 6.09 Å². The van der Waals surface area contributed by atoms with E-state index in [0.29, 0.717) is 0 Å². The maximum Gasteiger partial charge on any atom is 0.411 e. The largest absolute Gasteiger partial charge is 0.447 e. The fraction of sp³-hybridized carbons (Fsp3) is 0.364. The number of carbonyl (C=O) groups excluding carboxylic acids is 1. The normalized spacial score (nSPS) is 10.2. The van der Waals surface area contributed by atoms with Crippen molar-refractivity contribution in [3.05, 3.63) is 28.2 Å². The first-order valence-electron chi connectivity index (χ1n) is 4.73. The van der Waals surface area contributed by atoms with Crippen LogP contribution >= 0.6 is 15.9 Å². The van der Waals surface area contributed by atoms with E-state index in [1.54, 1.807) is 0 Å². The third-order valence-electron chi connectivity index (χ3n) is 1.77. The number of benzene rings is 1. The Bertz CT molecular complexity index is 364. The van der Waals surface area contributed by atoms with E-state index in [1.165, 1.54) is 0 Å². The van der Waals surface area contributed by atoms with Crippen molar-refractivity contribution >= 4 is 27.7 Å². The molecule has 0 bridgehead atoms. The maximum atomic E-state index is 11.3. The van der Waals surface area contributed by atoms with Crippen LogP contribution in [0, 0.1) is 6.92 Å². The van der Waals surface area contributed by atoms with Gasteiger partial charge in [-0.2, -0.15) is 0 Å². The minimum absolute atomic E-state index is 0.117. The van der Waals surface area contributed by atoms with E-state index in [0.717, 1.165) is 15.7 Å². The molecule has 4 heteroatoms. The fourth-order valence-corrected chi connectivity index (χ4v) is 1.46. The molecule has 0 spiro atoms. The van der Waals surface area contributed by atoms with Crippen LogP contribution in [0.5, 0.6) is 0 Å². The number of nitrogens with one attached hydrogen (secondary N) is 1. The third kappa shape index (κ3) is 3.55. The van der Waals surface area contributed by atoms with Crippen molar-refractivity contribution in [1.29, 1.82) is 0 Å². The van der Waals surface area contributed by atoms with Gasteiger partial charge in [0.25, 0.3) is 0 Å². The summed E-state index contributed by atoms with van der Waals surface area (Å²) in [7, 11) is 0. The Hall–Kier alpha value is -1.03. The highest BCUT2D eigenvalue weighted by molar-refractivity contribution is 9.10. The molecule has 1 N–H and O–H groups in total. The van der Waals surface area contributed by atoms with Gasteiger partial charge in [-0.1, -0.05) is 12.1 Å². The number of carbonyl (C=O) groups is 1. The summed E-state index contributed by atoms with van der Waals surface area (Å²) >= 11 is 3.40. The molecule has 0 radical (unpaired) electrons. The van der Waals surface area contributed by atoms with Crippen LogP contribution in [0.2, 0.25) is 0 Å². The molecular formula is C11H14BrNO2. The lowest BCUT2D eigenvalue weighted by molar-refractivity contribution is 0.130. The second-order valence-corrected chi connectivity index (χ2v) is 4.31. The van der Waals surface area contributed by atoms with Crippen molar-refractivity contribution in [2.24, 2.45) is 0 Å². The zero-order valence-corrected chi connectivity index (χ0v) is 10.6. The molecule has 0 atom stereocenters. The molecule has 82 valence electrons. The maximum absolute atomic E-state index is 11.3. The van der Waals surface area contributed by atoms with Gasteiger partial charge in [-0.3, -0.25) is 5.32 Å². The Morgan fingerprint density at radius 2 is 2.13 bits per heavy atom. The molecule has 0 saturated heterocycles. The summed E-state index contributed by atoms with van der Waals surface area (Å²) in [6.45, 7) is 5.58. The van der Waals surface area contributed by atoms with Crippen molar-refractivity contribution in [2.45, 2.75) is 26.9 Å². The van der Waals surface area contributed by atoms with Crippen LogP contribution in [-0.2, 0) is 4.74 Å². The number of halogens is 1. The van der Waals surface area contributed by atoms with Gasteiger partial charge < -0.3 is 4.74 Å². The zero-order valence-electron chi connectivity index (χ0n) is 9.00. The van der Waals surface area contributed by atoms with Crippen molar-refractivity contribution < 1.29 is 9.53 Å². The first-order chi connectivity index (χ1) is 7.00. The number of anilines is 1. The molecule has 0 unspecified atom stereocenters. The first-order valence-corrected chi connectivity index (χ1v) is 5.52. The van der Waals surface area contributed by atoms with E-state index in [2.05, 4.69) is 21.2 Å². The molecule has 0 heterocycles. The summed E-state index contributed by atoms with van der Waals surface area (Å²) in [5, 5.41) is 2.67. The number of aryl methyl sites for hydroxylation is 1. The van der Waals surface area contributed by atoms with Crippen molar-refractivity contribution in [1.82, 2.24) is 0 Å². The zero-order chi connectivity index (χ0) is 11.4. The Morgan fingerprint density at radius 3 is 2.73 bits per heavy atom. The van der Waals surface area contributed by atoms with Crippen LogP contribution in [0.1, 0.15) is 19.4 Å². The van der Waals surface area contributed by atoms with Crippen molar-refractivity contribution in [3.8, 4) is 0 Å². The summed E-state index contributed by atoms with van der Waals surface area (Å²) in [4.78, 5) is 11.3. The van der Waals surface area contributed by atoms with Gasteiger partial charge in [0.15, 0.2) is 0 Å². The predicted molar refractivity (Wildman–Crippen MR) is 64.1 cm³/mol. The average molecular weight is 272 g/mol. The highest BCUT2D eigenvalue weighted by Crippen LogP contribution is 2.25. The highest BCUT2D eigenvalue weighted by Gasteiger charge is 2.08. The molecule has 15 heavy (non-hydrogen) atoms. The second-order valence-electron chi connectivity index (χ2n) is 3.52. The number of ether oxygens (including phenoxy) is 1. The summed E-state index contributed by atoms with van der Waals surface area (Å²) in [6, 6.07) is 5.66. The van der Waals surface area contributed by atoms with Crippen LogP contribution in [-0.4, -0.2) is 12.2 Å². The Balaban J connectivity index is 2.73. The van der Waals surface area contributed by atoms with Gasteiger partial charge in [-0.05, 0) is 48.3 Å². The lowest BCUT2D eigenvalue weighted by atomic mass is 10.2. The summed E-state index contributed by atoms with van der Waals surface area (Å²) < 4.78 is 5.86. The molecule has 1 aromatic carbocycles. The van der Waals surface area contributed by atoms with Crippen LogP contribution in [0.4, 0.5) is 10.5 Å². The topological polar surface area (TPSA) is 38.3 Å². The molecule has 1 amide bonds. The fourth-order valence-electron chi connectivity index (χ4n) is 1.10. The average Bonchev–Trinajstić information content (AvgIpc) is 2.11. The van der Waals surface area contributed by atoms with Gasteiger partial charge in [0, 0.05) is 4.47 Å². The molecule has 0 aliphatic heterocycles. The Kier molecular flexibility index (Phi) is 4.15. The van der Waals surface area contributed by atoms with Gasteiger partial charge in [0.1, 0.15) is 0 Å². The van der Waals surface area contributed by atoms with Crippen molar-refractivity contribution in [2.75, 3.05) is 5.32 Å². The molecule has 1 aromatic rings. The van der Waals surface area contributed by atoms with E-state index >= 15 is 0 Å². The van der Waals surface area contributed by atoms with Crippen molar-refractivity contribution in [3.63, 3.8) is 0 Å². The number of rotatable bonds is 2. The second kappa shape index (κ2) is 5.16. The van der Waals surface area contributed by atoms with Gasteiger partial charge in [-0.15, -0.1) is 0 Å². The summed E-state index contributed by atoms with van der Waals surface area (Å²) in [6.07, 6.45) is -0.551. The predicted octanol–water partition coefficient (Wildman–Crippen LogP) is 3.71. The van der Waals surface area contributed by atoms with E-state index in [-0.39, 0.29) is 6.10 Å². The van der Waals surface area contributed by atoms with Crippen LogP contribution in [0.25, 0.3) is 0 Å². The highest BCUT2D eigenvalue weighted by atomic mass is 79.9. The molecule has 3 nitrogen and oxygen atoms in total. The molecular weight excluding hydrogens is 258 g/mol.